The van der Waals surface area contributed by atoms with Crippen molar-refractivity contribution in [3.05, 3.63) is 27.8 Å². The Balaban J connectivity index is 1.93. The first kappa shape index (κ1) is 17.5. The van der Waals surface area contributed by atoms with E-state index in [2.05, 4.69) is 15.8 Å². The van der Waals surface area contributed by atoms with Crippen molar-refractivity contribution in [1.82, 2.24) is 10.7 Å². The number of nitrogens with zero attached hydrogens (tertiary/aromatic N) is 2. The molecule has 8 heteroatoms. The first-order valence-electron chi connectivity index (χ1n) is 8.67. The molecule has 1 fully saturated rings. The average Bonchev–Trinajstić information content (AvgIpc) is 3.05. The standard InChI is InChI=1S/C17H24N4O4/c1-3-4-7-25-17-14(21(22)23)8-11(9-15(17)24-2)16-12-10-18-6-5-13(12)19-20-16/h8-9,12,16,18,20H,3-7,10H2,1-2H3. The van der Waals surface area contributed by atoms with Gasteiger partial charge in [-0.1, -0.05) is 13.3 Å². The van der Waals surface area contributed by atoms with Gasteiger partial charge in [-0.15, -0.1) is 0 Å². The Morgan fingerprint density at radius 2 is 2.28 bits per heavy atom. The van der Waals surface area contributed by atoms with Gasteiger partial charge in [0.1, 0.15) is 0 Å². The molecule has 1 aromatic carbocycles. The number of rotatable bonds is 7. The van der Waals surface area contributed by atoms with E-state index in [1.807, 2.05) is 13.0 Å². The molecule has 2 N–H and O–H groups in total. The van der Waals surface area contributed by atoms with Crippen LogP contribution in [0, 0.1) is 16.0 Å². The minimum Gasteiger partial charge on any atom is -0.493 e. The number of unbranched alkanes of at least 4 members (excludes halogenated alkanes) is 1. The van der Waals surface area contributed by atoms with Crippen LogP contribution in [0.1, 0.15) is 37.8 Å². The van der Waals surface area contributed by atoms with E-state index in [0.29, 0.717) is 12.4 Å². The summed E-state index contributed by atoms with van der Waals surface area (Å²) in [6, 6.07) is 3.30. The van der Waals surface area contributed by atoms with Gasteiger partial charge in [-0.3, -0.25) is 10.1 Å². The van der Waals surface area contributed by atoms with E-state index in [0.717, 1.165) is 43.6 Å². The summed E-state index contributed by atoms with van der Waals surface area (Å²) in [7, 11) is 1.50. The maximum atomic E-state index is 11.6. The van der Waals surface area contributed by atoms with Crippen LogP contribution in [0.15, 0.2) is 17.2 Å². The quantitative estimate of drug-likeness (QED) is 0.446. The third-order valence-corrected chi connectivity index (χ3v) is 4.68. The molecule has 0 aliphatic carbocycles. The number of nitro groups is 1. The monoisotopic (exact) mass is 348 g/mol. The number of ether oxygens (including phenoxy) is 2. The van der Waals surface area contributed by atoms with Gasteiger partial charge in [0.05, 0.1) is 24.7 Å². The highest BCUT2D eigenvalue weighted by atomic mass is 16.6. The van der Waals surface area contributed by atoms with E-state index in [1.54, 1.807) is 6.07 Å². The lowest BCUT2D eigenvalue weighted by atomic mass is 9.87. The highest BCUT2D eigenvalue weighted by molar-refractivity contribution is 5.90. The van der Waals surface area contributed by atoms with E-state index in [9.17, 15) is 10.1 Å². The van der Waals surface area contributed by atoms with Crippen molar-refractivity contribution in [2.24, 2.45) is 11.0 Å². The second-order valence-electron chi connectivity index (χ2n) is 6.30. The van der Waals surface area contributed by atoms with Crippen molar-refractivity contribution in [3.63, 3.8) is 0 Å². The SMILES string of the molecule is CCCCOc1c(OC)cc(C2NN=C3CCNCC32)cc1[N+](=O)[O-]. The lowest BCUT2D eigenvalue weighted by molar-refractivity contribution is -0.386. The number of hydrogen-bond acceptors (Lipinski definition) is 7. The van der Waals surface area contributed by atoms with Gasteiger partial charge in [-0.05, 0) is 18.1 Å². The molecule has 0 saturated carbocycles. The fourth-order valence-corrected chi connectivity index (χ4v) is 3.31. The van der Waals surface area contributed by atoms with Gasteiger partial charge >= 0.3 is 5.69 Å². The van der Waals surface area contributed by atoms with Gasteiger partial charge in [-0.25, -0.2) is 0 Å². The Morgan fingerprint density at radius 1 is 1.44 bits per heavy atom. The Morgan fingerprint density at radius 3 is 3.00 bits per heavy atom. The topological polar surface area (TPSA) is 98.0 Å². The Labute approximate surface area is 146 Å². The fraction of sp³-hybridized carbons (Fsp3) is 0.588. The molecule has 3 rings (SSSR count). The zero-order valence-corrected chi connectivity index (χ0v) is 14.6. The number of fused-ring (bicyclic) bond motifs is 1. The summed E-state index contributed by atoms with van der Waals surface area (Å²) in [6.07, 6.45) is 2.68. The lowest BCUT2D eigenvalue weighted by Crippen LogP contribution is -2.38. The van der Waals surface area contributed by atoms with Crippen LogP contribution in [0.4, 0.5) is 5.69 Å². The average molecular weight is 348 g/mol. The summed E-state index contributed by atoms with van der Waals surface area (Å²) in [5.41, 5.74) is 4.98. The molecule has 0 bridgehead atoms. The molecule has 2 aliphatic heterocycles. The predicted molar refractivity (Wildman–Crippen MR) is 94.3 cm³/mol. The Hall–Kier alpha value is -2.35. The number of nitro benzene ring substituents is 1. The molecule has 2 aliphatic rings. The number of benzene rings is 1. The van der Waals surface area contributed by atoms with E-state index < -0.39 is 4.92 Å². The van der Waals surface area contributed by atoms with Gasteiger partial charge < -0.3 is 20.2 Å². The second kappa shape index (κ2) is 7.69. The number of hydrogen-bond donors (Lipinski definition) is 2. The highest BCUT2D eigenvalue weighted by Crippen LogP contribution is 2.42. The number of methoxy groups -OCH3 is 1. The van der Waals surface area contributed by atoms with Crippen LogP contribution >= 0.6 is 0 Å². The maximum Gasteiger partial charge on any atom is 0.315 e. The normalized spacial score (nSPS) is 21.9. The third-order valence-electron chi connectivity index (χ3n) is 4.68. The maximum absolute atomic E-state index is 11.6. The molecule has 2 heterocycles. The Bertz CT molecular complexity index is 677. The summed E-state index contributed by atoms with van der Waals surface area (Å²) in [4.78, 5) is 11.2. The van der Waals surface area contributed by atoms with Crippen LogP contribution in [-0.2, 0) is 0 Å². The molecule has 0 radical (unpaired) electrons. The van der Waals surface area contributed by atoms with Gasteiger partial charge in [-0.2, -0.15) is 5.10 Å². The van der Waals surface area contributed by atoms with E-state index in [1.165, 1.54) is 7.11 Å². The Kier molecular flexibility index (Phi) is 5.37. The molecule has 25 heavy (non-hydrogen) atoms. The van der Waals surface area contributed by atoms with Crippen LogP contribution in [-0.4, -0.2) is 37.4 Å². The highest BCUT2D eigenvalue weighted by Gasteiger charge is 2.36. The minimum absolute atomic E-state index is 0.0653. The van der Waals surface area contributed by atoms with Gasteiger partial charge in [0.2, 0.25) is 5.75 Å². The van der Waals surface area contributed by atoms with Crippen molar-refractivity contribution < 1.29 is 14.4 Å². The first-order valence-corrected chi connectivity index (χ1v) is 8.67. The second-order valence-corrected chi connectivity index (χ2v) is 6.30. The molecule has 136 valence electrons. The predicted octanol–water partition coefficient (Wildman–Crippen LogP) is 2.39. The fourth-order valence-electron chi connectivity index (χ4n) is 3.31. The summed E-state index contributed by atoms with van der Waals surface area (Å²) in [6.45, 7) is 4.19. The number of nitrogens with one attached hydrogen (secondary N) is 2. The van der Waals surface area contributed by atoms with E-state index >= 15 is 0 Å². The zero-order valence-electron chi connectivity index (χ0n) is 14.6. The zero-order chi connectivity index (χ0) is 17.8. The van der Waals surface area contributed by atoms with Gasteiger partial charge in [0.25, 0.3) is 0 Å². The molecular weight excluding hydrogens is 324 g/mol. The van der Waals surface area contributed by atoms with Crippen molar-refractivity contribution in [2.45, 2.75) is 32.2 Å². The van der Waals surface area contributed by atoms with Gasteiger partial charge in [0.15, 0.2) is 5.75 Å². The van der Waals surface area contributed by atoms with Gasteiger partial charge in [0, 0.05) is 37.2 Å². The molecule has 0 spiro atoms. The minimum atomic E-state index is -0.414. The summed E-state index contributed by atoms with van der Waals surface area (Å²) in [5, 5.41) is 19.4. The molecule has 0 amide bonds. The van der Waals surface area contributed by atoms with Crippen molar-refractivity contribution in [1.29, 1.82) is 0 Å². The summed E-state index contributed by atoms with van der Waals surface area (Å²) < 4.78 is 11.0. The van der Waals surface area contributed by atoms with Crippen LogP contribution in [0.3, 0.4) is 0 Å². The van der Waals surface area contributed by atoms with Crippen LogP contribution < -0.4 is 20.2 Å². The molecular formula is C17H24N4O4. The lowest BCUT2D eigenvalue weighted by Gasteiger charge is -2.25. The van der Waals surface area contributed by atoms with Crippen LogP contribution in [0.5, 0.6) is 11.5 Å². The molecule has 0 aromatic heterocycles. The van der Waals surface area contributed by atoms with Crippen LogP contribution in [0.25, 0.3) is 0 Å². The molecule has 1 saturated heterocycles. The van der Waals surface area contributed by atoms with E-state index in [-0.39, 0.29) is 23.4 Å². The van der Waals surface area contributed by atoms with Crippen molar-refractivity contribution in [3.8, 4) is 11.5 Å². The van der Waals surface area contributed by atoms with Crippen molar-refractivity contribution in [2.75, 3.05) is 26.8 Å². The third kappa shape index (κ3) is 3.53. The molecule has 8 nitrogen and oxygen atoms in total. The number of hydrazone groups is 1. The van der Waals surface area contributed by atoms with E-state index in [4.69, 9.17) is 9.47 Å². The van der Waals surface area contributed by atoms with Crippen LogP contribution in [0.2, 0.25) is 0 Å². The summed E-state index contributed by atoms with van der Waals surface area (Å²) in [5.74, 6) is 0.787. The van der Waals surface area contributed by atoms with Crippen molar-refractivity contribution >= 4 is 11.4 Å². The smallest absolute Gasteiger partial charge is 0.315 e. The first-order chi connectivity index (χ1) is 12.2. The largest absolute Gasteiger partial charge is 0.493 e. The molecule has 2 atom stereocenters. The molecule has 2 unspecified atom stereocenters. The summed E-state index contributed by atoms with van der Waals surface area (Å²) >= 11 is 0. The molecule has 1 aromatic rings. The number of piperidine rings is 1.